The van der Waals surface area contributed by atoms with Crippen molar-refractivity contribution in [3.8, 4) is 11.8 Å². The maximum Gasteiger partial charge on any atom is 0.304 e. The highest BCUT2D eigenvalue weighted by Crippen LogP contribution is 2.47. The van der Waals surface area contributed by atoms with Crippen LogP contribution in [0.2, 0.25) is 0 Å². The van der Waals surface area contributed by atoms with E-state index >= 15 is 0 Å². The smallest absolute Gasteiger partial charge is 0.304 e. The van der Waals surface area contributed by atoms with Gasteiger partial charge in [0, 0.05) is 6.92 Å². The van der Waals surface area contributed by atoms with Crippen LogP contribution in [0, 0.1) is 11.8 Å². The van der Waals surface area contributed by atoms with E-state index in [4.69, 9.17) is 9.47 Å². The van der Waals surface area contributed by atoms with Crippen molar-refractivity contribution in [3.05, 3.63) is 0 Å². The van der Waals surface area contributed by atoms with E-state index < -0.39 is 5.60 Å². The first-order chi connectivity index (χ1) is 7.44. The van der Waals surface area contributed by atoms with Gasteiger partial charge in [0.15, 0.2) is 11.2 Å². The van der Waals surface area contributed by atoms with Crippen LogP contribution in [0.25, 0.3) is 0 Å². The Hall–Kier alpha value is -1.01. The molecule has 1 saturated carbocycles. The molecule has 2 fully saturated rings. The number of rotatable bonds is 1. The highest BCUT2D eigenvalue weighted by Gasteiger charge is 2.56. The van der Waals surface area contributed by atoms with Crippen molar-refractivity contribution in [2.24, 2.45) is 0 Å². The number of carbonyl (C=O) groups is 1. The highest BCUT2D eigenvalue weighted by atomic mass is 16.6. The van der Waals surface area contributed by atoms with E-state index in [0.717, 1.165) is 12.8 Å². The summed E-state index contributed by atoms with van der Waals surface area (Å²) in [6, 6.07) is 0. The second-order valence-electron chi connectivity index (χ2n) is 5.10. The minimum Gasteiger partial charge on any atom is -0.447 e. The molecule has 16 heavy (non-hydrogen) atoms. The number of esters is 1. The van der Waals surface area contributed by atoms with Crippen LogP contribution < -0.4 is 0 Å². The van der Waals surface area contributed by atoms with Crippen LogP contribution in [0.5, 0.6) is 0 Å². The predicted octanol–water partition coefficient (Wildman–Crippen LogP) is 2.04. The molecule has 2 rings (SSSR count). The molecule has 3 nitrogen and oxygen atoms in total. The molecule has 1 aliphatic heterocycles. The molecule has 1 heterocycles. The molecule has 0 N–H and O–H groups in total. The number of ether oxygens (including phenoxy) is 2. The zero-order chi connectivity index (χ0) is 11.8. The summed E-state index contributed by atoms with van der Waals surface area (Å²) < 4.78 is 10.8. The van der Waals surface area contributed by atoms with Crippen LogP contribution >= 0.6 is 0 Å². The van der Waals surface area contributed by atoms with Gasteiger partial charge in [-0.15, -0.1) is 0 Å². The largest absolute Gasteiger partial charge is 0.447 e. The summed E-state index contributed by atoms with van der Waals surface area (Å²) in [5.74, 6) is 5.89. The second kappa shape index (κ2) is 3.78. The van der Waals surface area contributed by atoms with Crippen LogP contribution in [-0.4, -0.2) is 23.3 Å². The van der Waals surface area contributed by atoms with E-state index in [1.807, 2.05) is 0 Å². The van der Waals surface area contributed by atoms with E-state index in [0.29, 0.717) is 6.10 Å². The first-order valence-corrected chi connectivity index (χ1v) is 5.85. The number of hydrogen-bond acceptors (Lipinski definition) is 3. The van der Waals surface area contributed by atoms with Crippen LogP contribution in [0.3, 0.4) is 0 Å². The number of carbonyl (C=O) groups excluding carboxylic acids is 1. The van der Waals surface area contributed by atoms with E-state index in [2.05, 4.69) is 11.8 Å². The average Bonchev–Trinajstić information content (AvgIpc) is 2.88. The van der Waals surface area contributed by atoms with Gasteiger partial charge in [0.2, 0.25) is 0 Å². The van der Waals surface area contributed by atoms with E-state index in [1.165, 1.54) is 19.8 Å². The fourth-order valence-corrected chi connectivity index (χ4v) is 2.26. The molecule has 1 aliphatic carbocycles. The maximum atomic E-state index is 10.9. The predicted molar refractivity (Wildman–Crippen MR) is 59.7 cm³/mol. The second-order valence-corrected chi connectivity index (χ2v) is 5.10. The highest BCUT2D eigenvalue weighted by molar-refractivity contribution is 5.67. The minimum absolute atomic E-state index is 0.213. The molecule has 0 radical (unpaired) electrons. The lowest BCUT2D eigenvalue weighted by Gasteiger charge is -2.18. The van der Waals surface area contributed by atoms with Crippen LogP contribution in [0.15, 0.2) is 0 Å². The van der Waals surface area contributed by atoms with Crippen molar-refractivity contribution in [2.45, 2.75) is 63.8 Å². The van der Waals surface area contributed by atoms with Gasteiger partial charge in [0.25, 0.3) is 0 Å². The molecular formula is C13H18O3. The van der Waals surface area contributed by atoms with Crippen molar-refractivity contribution in [1.82, 2.24) is 0 Å². The van der Waals surface area contributed by atoms with Crippen LogP contribution in [-0.2, 0) is 14.3 Å². The van der Waals surface area contributed by atoms with Gasteiger partial charge in [-0.25, -0.2) is 0 Å². The summed E-state index contributed by atoms with van der Waals surface area (Å²) in [4.78, 5) is 10.9. The molecule has 3 heteroatoms. The lowest BCUT2D eigenvalue weighted by atomic mass is 9.89. The van der Waals surface area contributed by atoms with E-state index in [9.17, 15) is 4.79 Å². The van der Waals surface area contributed by atoms with E-state index in [-0.39, 0.29) is 11.6 Å². The lowest BCUT2D eigenvalue weighted by molar-refractivity contribution is -0.148. The number of hydrogen-bond donors (Lipinski definition) is 0. The molecule has 0 aromatic rings. The normalized spacial score (nSPS) is 32.1. The third kappa shape index (κ3) is 2.38. The van der Waals surface area contributed by atoms with Crippen molar-refractivity contribution in [1.29, 1.82) is 0 Å². The summed E-state index contributed by atoms with van der Waals surface area (Å²) in [5, 5.41) is 0. The van der Waals surface area contributed by atoms with Gasteiger partial charge in [-0.3, -0.25) is 4.79 Å². The summed E-state index contributed by atoms with van der Waals surface area (Å²) >= 11 is 0. The SMILES string of the molecule is CC(=O)OC(C)(C)C#CC12CCCCC1O2. The van der Waals surface area contributed by atoms with Crippen LogP contribution in [0.4, 0.5) is 0 Å². The zero-order valence-corrected chi connectivity index (χ0v) is 10.1. The third-order valence-electron chi connectivity index (χ3n) is 3.05. The first kappa shape index (κ1) is 11.5. The van der Waals surface area contributed by atoms with Crippen molar-refractivity contribution < 1.29 is 14.3 Å². The molecule has 88 valence electrons. The Balaban J connectivity index is 2.02. The molecule has 2 atom stereocenters. The Morgan fingerprint density at radius 1 is 1.50 bits per heavy atom. The Bertz CT molecular complexity index is 361. The van der Waals surface area contributed by atoms with Gasteiger partial charge in [-0.1, -0.05) is 18.3 Å². The van der Waals surface area contributed by atoms with Gasteiger partial charge in [-0.05, 0) is 33.1 Å². The average molecular weight is 222 g/mol. The summed E-state index contributed by atoms with van der Waals surface area (Å²) in [6.07, 6.45) is 4.87. The molecule has 1 saturated heterocycles. The van der Waals surface area contributed by atoms with Gasteiger partial charge >= 0.3 is 5.97 Å². The molecule has 0 aromatic heterocycles. The fraction of sp³-hybridized carbons (Fsp3) is 0.769. The molecule has 2 aliphatic rings. The molecule has 0 amide bonds. The monoisotopic (exact) mass is 222 g/mol. The Labute approximate surface area is 96.5 Å². The topological polar surface area (TPSA) is 38.8 Å². The van der Waals surface area contributed by atoms with E-state index in [1.54, 1.807) is 13.8 Å². The first-order valence-electron chi connectivity index (χ1n) is 5.85. The van der Waals surface area contributed by atoms with Gasteiger partial charge in [0.05, 0.1) is 6.10 Å². The van der Waals surface area contributed by atoms with Gasteiger partial charge in [-0.2, -0.15) is 0 Å². The molecular weight excluding hydrogens is 204 g/mol. The molecule has 2 unspecified atom stereocenters. The zero-order valence-electron chi connectivity index (χ0n) is 10.1. The molecule has 0 bridgehead atoms. The third-order valence-corrected chi connectivity index (χ3v) is 3.05. The van der Waals surface area contributed by atoms with Gasteiger partial charge in [0.1, 0.15) is 0 Å². The summed E-state index contributed by atoms with van der Waals surface area (Å²) in [6.45, 7) is 5.01. The quantitative estimate of drug-likeness (QED) is 0.387. The van der Waals surface area contributed by atoms with Gasteiger partial charge < -0.3 is 9.47 Å². The minimum atomic E-state index is -0.714. The lowest BCUT2D eigenvalue weighted by Crippen LogP contribution is -2.26. The van der Waals surface area contributed by atoms with Crippen LogP contribution in [0.1, 0.15) is 46.5 Å². The van der Waals surface area contributed by atoms with Crippen molar-refractivity contribution in [2.75, 3.05) is 0 Å². The number of fused-ring (bicyclic) bond motifs is 1. The fourth-order valence-electron chi connectivity index (χ4n) is 2.26. The summed E-state index contributed by atoms with van der Waals surface area (Å²) in [7, 11) is 0. The number of epoxide rings is 1. The standard InChI is InChI=1S/C13H18O3/c1-10(14)15-12(2,3)8-9-13-7-5-4-6-11(13)16-13/h11H,4-7H2,1-3H3. The molecule has 0 spiro atoms. The Morgan fingerprint density at radius 2 is 2.25 bits per heavy atom. The molecule has 0 aromatic carbocycles. The Kier molecular flexibility index (Phi) is 2.71. The maximum absolute atomic E-state index is 10.9. The summed E-state index contributed by atoms with van der Waals surface area (Å²) in [5.41, 5.74) is -0.926. The Morgan fingerprint density at radius 3 is 2.88 bits per heavy atom. The van der Waals surface area contributed by atoms with Crippen molar-refractivity contribution >= 4 is 5.97 Å². The van der Waals surface area contributed by atoms with Crippen molar-refractivity contribution in [3.63, 3.8) is 0 Å².